The third-order valence-corrected chi connectivity index (χ3v) is 0.789. The van der Waals surface area contributed by atoms with Crippen molar-refractivity contribution < 1.29 is 13.2 Å². The highest BCUT2D eigenvalue weighted by Gasteiger charge is 2.24. The molecule has 0 saturated heterocycles. The molecular formula is C7H9F3. The Hall–Kier alpha value is -0.730. The Morgan fingerprint density at radius 3 is 2.20 bits per heavy atom. The van der Waals surface area contributed by atoms with Crippen LogP contribution in [0.3, 0.4) is 0 Å². The standard InChI is InChI=1S/C7H9F3/c1-2-3-4-5-6-7(8,9)10/h2-5H,6H2,1H3/b3-2-,5-4-. The molecule has 0 bridgehead atoms. The smallest absolute Gasteiger partial charge is 0.171 e. The zero-order chi connectivity index (χ0) is 8.04. The van der Waals surface area contributed by atoms with E-state index in [1.807, 2.05) is 0 Å². The van der Waals surface area contributed by atoms with Gasteiger partial charge < -0.3 is 0 Å². The quantitative estimate of drug-likeness (QED) is 0.530. The van der Waals surface area contributed by atoms with Gasteiger partial charge in [-0.2, -0.15) is 13.2 Å². The van der Waals surface area contributed by atoms with Crippen LogP contribution in [0.25, 0.3) is 0 Å². The zero-order valence-electron chi connectivity index (χ0n) is 5.65. The highest BCUT2D eigenvalue weighted by Crippen LogP contribution is 2.19. The van der Waals surface area contributed by atoms with E-state index in [-0.39, 0.29) is 0 Å². The Balaban J connectivity index is 3.54. The van der Waals surface area contributed by atoms with E-state index in [4.69, 9.17) is 0 Å². The predicted molar refractivity (Wildman–Crippen MR) is 34.6 cm³/mol. The van der Waals surface area contributed by atoms with Gasteiger partial charge in [-0.15, -0.1) is 0 Å². The molecule has 0 amide bonds. The number of allylic oxidation sites excluding steroid dienone is 4. The number of alkyl halides is 3. The predicted octanol–water partition coefficient (Wildman–Crippen LogP) is 3.07. The van der Waals surface area contributed by atoms with Gasteiger partial charge in [-0.25, -0.2) is 0 Å². The molecule has 10 heavy (non-hydrogen) atoms. The summed E-state index contributed by atoms with van der Waals surface area (Å²) < 4.78 is 34.2. The fourth-order valence-electron chi connectivity index (χ4n) is 0.391. The van der Waals surface area contributed by atoms with Gasteiger partial charge in [0.25, 0.3) is 0 Å². The monoisotopic (exact) mass is 150 g/mol. The molecular weight excluding hydrogens is 141 g/mol. The van der Waals surface area contributed by atoms with Gasteiger partial charge in [-0.3, -0.25) is 0 Å². The number of rotatable bonds is 2. The molecule has 0 atom stereocenters. The molecule has 0 rings (SSSR count). The molecule has 0 radical (unpaired) electrons. The van der Waals surface area contributed by atoms with Gasteiger partial charge in [0.05, 0.1) is 6.42 Å². The van der Waals surface area contributed by atoms with E-state index in [0.717, 1.165) is 6.08 Å². The molecule has 0 aliphatic heterocycles. The fraction of sp³-hybridized carbons (Fsp3) is 0.429. The molecule has 0 aromatic carbocycles. The Labute approximate surface area is 58.0 Å². The second-order valence-electron chi connectivity index (χ2n) is 1.77. The van der Waals surface area contributed by atoms with E-state index in [0.29, 0.717) is 0 Å². The van der Waals surface area contributed by atoms with Crippen molar-refractivity contribution in [2.24, 2.45) is 0 Å². The summed E-state index contributed by atoms with van der Waals surface area (Å²) in [5.41, 5.74) is 0. The van der Waals surface area contributed by atoms with Crippen LogP contribution in [0.15, 0.2) is 24.3 Å². The van der Waals surface area contributed by atoms with Gasteiger partial charge >= 0.3 is 6.18 Å². The Kier molecular flexibility index (Phi) is 3.84. The molecule has 0 aromatic rings. The van der Waals surface area contributed by atoms with E-state index in [1.54, 1.807) is 19.1 Å². The van der Waals surface area contributed by atoms with E-state index in [9.17, 15) is 13.2 Å². The number of hydrogen-bond donors (Lipinski definition) is 0. The van der Waals surface area contributed by atoms with Crippen LogP contribution >= 0.6 is 0 Å². The lowest BCUT2D eigenvalue weighted by Gasteiger charge is -1.98. The molecule has 0 spiro atoms. The maximum atomic E-state index is 11.4. The third-order valence-electron chi connectivity index (χ3n) is 0.789. The van der Waals surface area contributed by atoms with Gasteiger partial charge in [0.15, 0.2) is 0 Å². The second-order valence-corrected chi connectivity index (χ2v) is 1.77. The lowest BCUT2D eigenvalue weighted by atomic mass is 10.3. The Bertz CT molecular complexity index is 130. The van der Waals surface area contributed by atoms with Crippen LogP contribution < -0.4 is 0 Å². The molecule has 0 N–H and O–H groups in total. The SMILES string of the molecule is C/C=C\C=C/CC(F)(F)F. The molecule has 0 heterocycles. The zero-order valence-corrected chi connectivity index (χ0v) is 5.65. The summed E-state index contributed by atoms with van der Waals surface area (Å²) in [5.74, 6) is 0. The topological polar surface area (TPSA) is 0 Å². The van der Waals surface area contributed by atoms with Crippen molar-refractivity contribution in [1.82, 2.24) is 0 Å². The van der Waals surface area contributed by atoms with E-state index in [2.05, 4.69) is 0 Å². The first kappa shape index (κ1) is 9.27. The summed E-state index contributed by atoms with van der Waals surface area (Å²) in [6, 6.07) is 0. The van der Waals surface area contributed by atoms with E-state index in [1.165, 1.54) is 6.08 Å². The molecule has 0 unspecified atom stereocenters. The summed E-state index contributed by atoms with van der Waals surface area (Å²) in [4.78, 5) is 0. The summed E-state index contributed by atoms with van der Waals surface area (Å²) in [6.07, 6.45) is 0.779. The first-order valence-electron chi connectivity index (χ1n) is 2.91. The summed E-state index contributed by atoms with van der Waals surface area (Å²) in [6.45, 7) is 1.75. The van der Waals surface area contributed by atoms with Crippen LogP contribution in [0.5, 0.6) is 0 Å². The highest BCUT2D eigenvalue weighted by atomic mass is 19.4. The van der Waals surface area contributed by atoms with Crippen LogP contribution in [-0.2, 0) is 0 Å². The van der Waals surface area contributed by atoms with Crippen LogP contribution in [0.2, 0.25) is 0 Å². The maximum Gasteiger partial charge on any atom is 0.392 e. The highest BCUT2D eigenvalue weighted by molar-refractivity contribution is 5.01. The minimum Gasteiger partial charge on any atom is -0.171 e. The van der Waals surface area contributed by atoms with Crippen molar-refractivity contribution in [3.05, 3.63) is 24.3 Å². The van der Waals surface area contributed by atoms with Crippen molar-refractivity contribution in [1.29, 1.82) is 0 Å². The van der Waals surface area contributed by atoms with Gasteiger partial charge in [0, 0.05) is 0 Å². The lowest BCUT2D eigenvalue weighted by Crippen LogP contribution is -2.03. The molecule has 0 aromatic heterocycles. The average Bonchev–Trinajstić information content (AvgIpc) is 1.78. The summed E-state index contributed by atoms with van der Waals surface area (Å²) >= 11 is 0. The summed E-state index contributed by atoms with van der Waals surface area (Å²) in [5, 5.41) is 0. The van der Waals surface area contributed by atoms with E-state index < -0.39 is 12.6 Å². The van der Waals surface area contributed by atoms with Crippen molar-refractivity contribution in [2.45, 2.75) is 19.5 Å². The minimum absolute atomic E-state index is 0.850. The van der Waals surface area contributed by atoms with Gasteiger partial charge in [0.2, 0.25) is 0 Å². The normalized spacial score (nSPS) is 13.6. The molecule has 58 valence electrons. The first-order chi connectivity index (χ1) is 4.56. The molecule has 0 saturated carbocycles. The average molecular weight is 150 g/mol. The van der Waals surface area contributed by atoms with Crippen molar-refractivity contribution >= 4 is 0 Å². The van der Waals surface area contributed by atoms with Crippen LogP contribution in [0.4, 0.5) is 13.2 Å². The van der Waals surface area contributed by atoms with Crippen molar-refractivity contribution in [2.75, 3.05) is 0 Å². The minimum atomic E-state index is -4.07. The molecule has 3 heteroatoms. The van der Waals surface area contributed by atoms with Gasteiger partial charge in [-0.1, -0.05) is 24.3 Å². The van der Waals surface area contributed by atoms with Gasteiger partial charge in [0.1, 0.15) is 0 Å². The Morgan fingerprint density at radius 2 is 1.80 bits per heavy atom. The Morgan fingerprint density at radius 1 is 1.20 bits per heavy atom. The first-order valence-corrected chi connectivity index (χ1v) is 2.91. The summed E-state index contributed by atoms with van der Waals surface area (Å²) in [7, 11) is 0. The van der Waals surface area contributed by atoms with Gasteiger partial charge in [-0.05, 0) is 6.92 Å². The van der Waals surface area contributed by atoms with Crippen LogP contribution in [-0.4, -0.2) is 6.18 Å². The largest absolute Gasteiger partial charge is 0.392 e. The fourth-order valence-corrected chi connectivity index (χ4v) is 0.391. The third kappa shape index (κ3) is 7.27. The maximum absolute atomic E-state index is 11.4. The lowest BCUT2D eigenvalue weighted by molar-refractivity contribution is -0.125. The van der Waals surface area contributed by atoms with Crippen LogP contribution in [0.1, 0.15) is 13.3 Å². The second kappa shape index (κ2) is 4.14. The molecule has 0 nitrogen and oxygen atoms in total. The molecule has 0 aliphatic rings. The van der Waals surface area contributed by atoms with Crippen molar-refractivity contribution in [3.63, 3.8) is 0 Å². The molecule has 0 fully saturated rings. The number of halogens is 3. The van der Waals surface area contributed by atoms with Crippen LogP contribution in [0, 0.1) is 0 Å². The van der Waals surface area contributed by atoms with Crippen molar-refractivity contribution in [3.8, 4) is 0 Å². The molecule has 0 aliphatic carbocycles. The van der Waals surface area contributed by atoms with E-state index >= 15 is 0 Å². The number of hydrogen-bond acceptors (Lipinski definition) is 0.